The Balaban J connectivity index is 2.12. The standard InChI is InChI=1S/C15H23NO5/c1-15(2,3)21-14(17)16-7-8-19-10-12(16)13-6-5-11(20-13)9-18-4/h5-6,12H,7-10H2,1-4H3. The minimum atomic E-state index is -0.523. The maximum absolute atomic E-state index is 12.3. The molecule has 1 atom stereocenters. The van der Waals surface area contributed by atoms with E-state index in [9.17, 15) is 4.79 Å². The molecule has 1 amide bonds. The number of nitrogens with zero attached hydrogens (tertiary/aromatic N) is 1. The summed E-state index contributed by atoms with van der Waals surface area (Å²) in [6.45, 7) is 7.35. The second-order valence-electron chi connectivity index (χ2n) is 6.00. The van der Waals surface area contributed by atoms with Crippen molar-refractivity contribution in [1.82, 2.24) is 4.90 Å². The molecule has 0 saturated carbocycles. The summed E-state index contributed by atoms with van der Waals surface area (Å²) in [6.07, 6.45) is -0.347. The molecule has 0 N–H and O–H groups in total. The molecule has 2 heterocycles. The normalized spacial score (nSPS) is 19.6. The van der Waals surface area contributed by atoms with Gasteiger partial charge in [0.05, 0.1) is 13.2 Å². The molecule has 1 aliphatic rings. The van der Waals surface area contributed by atoms with Gasteiger partial charge in [0.25, 0.3) is 0 Å². The Labute approximate surface area is 124 Å². The Morgan fingerprint density at radius 3 is 2.86 bits per heavy atom. The highest BCUT2D eigenvalue weighted by molar-refractivity contribution is 5.69. The van der Waals surface area contributed by atoms with Gasteiger partial charge in [-0.15, -0.1) is 0 Å². The predicted octanol–water partition coefficient (Wildman–Crippen LogP) is 2.73. The van der Waals surface area contributed by atoms with Crippen LogP contribution in [0.25, 0.3) is 0 Å². The van der Waals surface area contributed by atoms with Crippen LogP contribution in [-0.2, 0) is 20.8 Å². The third-order valence-electron chi connectivity index (χ3n) is 3.05. The fourth-order valence-corrected chi connectivity index (χ4v) is 2.17. The van der Waals surface area contributed by atoms with Gasteiger partial charge in [-0.2, -0.15) is 0 Å². The fourth-order valence-electron chi connectivity index (χ4n) is 2.17. The van der Waals surface area contributed by atoms with Crippen molar-refractivity contribution in [2.75, 3.05) is 26.9 Å². The van der Waals surface area contributed by atoms with Gasteiger partial charge in [0.2, 0.25) is 0 Å². The first-order valence-electron chi connectivity index (χ1n) is 7.05. The molecule has 0 spiro atoms. The number of rotatable bonds is 3. The second-order valence-corrected chi connectivity index (χ2v) is 6.00. The maximum atomic E-state index is 12.3. The van der Waals surface area contributed by atoms with Gasteiger partial charge in [-0.05, 0) is 32.9 Å². The van der Waals surface area contributed by atoms with E-state index in [-0.39, 0.29) is 12.1 Å². The number of ether oxygens (including phenoxy) is 3. The molecule has 6 nitrogen and oxygen atoms in total. The lowest BCUT2D eigenvalue weighted by atomic mass is 10.2. The number of amides is 1. The summed E-state index contributed by atoms with van der Waals surface area (Å²) in [5, 5.41) is 0. The highest BCUT2D eigenvalue weighted by Crippen LogP contribution is 2.27. The highest BCUT2D eigenvalue weighted by atomic mass is 16.6. The van der Waals surface area contributed by atoms with Crippen molar-refractivity contribution in [3.63, 3.8) is 0 Å². The molecular formula is C15H23NO5. The van der Waals surface area contributed by atoms with Crippen LogP contribution in [-0.4, -0.2) is 43.5 Å². The molecule has 1 aromatic rings. The van der Waals surface area contributed by atoms with Crippen molar-refractivity contribution in [3.8, 4) is 0 Å². The van der Waals surface area contributed by atoms with Crippen LogP contribution >= 0.6 is 0 Å². The average molecular weight is 297 g/mol. The molecule has 21 heavy (non-hydrogen) atoms. The predicted molar refractivity (Wildman–Crippen MR) is 75.9 cm³/mol. The number of carbonyl (C=O) groups is 1. The van der Waals surface area contributed by atoms with Crippen LogP contribution in [0.5, 0.6) is 0 Å². The molecule has 1 unspecified atom stereocenters. The number of furan rings is 1. The van der Waals surface area contributed by atoms with Gasteiger partial charge in [-0.3, -0.25) is 4.90 Å². The molecule has 0 radical (unpaired) electrons. The number of hydrogen-bond acceptors (Lipinski definition) is 5. The van der Waals surface area contributed by atoms with Gasteiger partial charge in [0, 0.05) is 13.7 Å². The van der Waals surface area contributed by atoms with Crippen LogP contribution in [0.3, 0.4) is 0 Å². The summed E-state index contributed by atoms with van der Waals surface area (Å²) in [5.41, 5.74) is -0.523. The van der Waals surface area contributed by atoms with Gasteiger partial charge in [0.1, 0.15) is 29.8 Å². The van der Waals surface area contributed by atoms with E-state index in [4.69, 9.17) is 18.6 Å². The van der Waals surface area contributed by atoms with Crippen LogP contribution in [0.4, 0.5) is 4.79 Å². The second kappa shape index (κ2) is 6.49. The molecule has 1 aromatic heterocycles. The number of methoxy groups -OCH3 is 1. The van der Waals surface area contributed by atoms with Crippen LogP contribution < -0.4 is 0 Å². The van der Waals surface area contributed by atoms with Gasteiger partial charge in [0.15, 0.2) is 0 Å². The Hall–Kier alpha value is -1.53. The number of hydrogen-bond donors (Lipinski definition) is 0. The summed E-state index contributed by atoms with van der Waals surface area (Å²) < 4.78 is 21.7. The van der Waals surface area contributed by atoms with Crippen LogP contribution in [0.15, 0.2) is 16.5 Å². The maximum Gasteiger partial charge on any atom is 0.411 e. The van der Waals surface area contributed by atoms with Gasteiger partial charge in [-0.1, -0.05) is 0 Å². The monoisotopic (exact) mass is 297 g/mol. The third-order valence-corrected chi connectivity index (χ3v) is 3.05. The Morgan fingerprint density at radius 2 is 2.19 bits per heavy atom. The molecule has 118 valence electrons. The van der Waals surface area contributed by atoms with Crippen molar-refractivity contribution >= 4 is 6.09 Å². The minimum absolute atomic E-state index is 0.265. The lowest BCUT2D eigenvalue weighted by molar-refractivity contribution is -0.0382. The van der Waals surface area contributed by atoms with E-state index in [1.807, 2.05) is 32.9 Å². The minimum Gasteiger partial charge on any atom is -0.461 e. The number of morpholine rings is 1. The Kier molecular flexibility index (Phi) is 4.90. The smallest absolute Gasteiger partial charge is 0.411 e. The largest absolute Gasteiger partial charge is 0.461 e. The first-order chi connectivity index (χ1) is 9.90. The molecule has 0 aliphatic carbocycles. The summed E-state index contributed by atoms with van der Waals surface area (Å²) in [5.74, 6) is 1.41. The molecule has 1 aliphatic heterocycles. The van der Waals surface area contributed by atoms with Crippen molar-refractivity contribution in [2.24, 2.45) is 0 Å². The van der Waals surface area contributed by atoms with Crippen LogP contribution in [0.1, 0.15) is 38.3 Å². The quantitative estimate of drug-likeness (QED) is 0.858. The van der Waals surface area contributed by atoms with E-state index in [0.29, 0.717) is 32.1 Å². The molecular weight excluding hydrogens is 274 g/mol. The zero-order valence-electron chi connectivity index (χ0n) is 13.0. The SMILES string of the molecule is COCc1ccc(C2COCCN2C(=O)OC(C)(C)C)o1. The zero-order chi connectivity index (χ0) is 15.5. The fraction of sp³-hybridized carbons (Fsp3) is 0.667. The summed E-state index contributed by atoms with van der Waals surface area (Å²) >= 11 is 0. The molecule has 1 fully saturated rings. The van der Waals surface area contributed by atoms with Gasteiger partial charge < -0.3 is 18.6 Å². The highest BCUT2D eigenvalue weighted by Gasteiger charge is 2.33. The zero-order valence-corrected chi connectivity index (χ0v) is 13.0. The van der Waals surface area contributed by atoms with E-state index in [1.165, 1.54) is 0 Å². The molecule has 2 rings (SSSR count). The lowest BCUT2D eigenvalue weighted by Crippen LogP contribution is -2.45. The van der Waals surface area contributed by atoms with E-state index in [1.54, 1.807) is 12.0 Å². The first-order valence-corrected chi connectivity index (χ1v) is 7.05. The lowest BCUT2D eigenvalue weighted by Gasteiger charge is -2.35. The van der Waals surface area contributed by atoms with Crippen molar-refractivity contribution in [1.29, 1.82) is 0 Å². The van der Waals surface area contributed by atoms with Crippen LogP contribution in [0.2, 0.25) is 0 Å². The van der Waals surface area contributed by atoms with Crippen molar-refractivity contribution in [3.05, 3.63) is 23.7 Å². The van der Waals surface area contributed by atoms with Crippen molar-refractivity contribution in [2.45, 2.75) is 39.0 Å². The van der Waals surface area contributed by atoms with Gasteiger partial charge in [-0.25, -0.2) is 4.79 Å². The van der Waals surface area contributed by atoms with E-state index < -0.39 is 5.60 Å². The van der Waals surface area contributed by atoms with Gasteiger partial charge >= 0.3 is 6.09 Å². The van der Waals surface area contributed by atoms with E-state index in [0.717, 1.165) is 5.76 Å². The average Bonchev–Trinajstić information content (AvgIpc) is 2.86. The third kappa shape index (κ3) is 4.22. The van der Waals surface area contributed by atoms with Crippen LogP contribution in [0, 0.1) is 0 Å². The molecule has 0 aromatic carbocycles. The number of carbonyl (C=O) groups excluding carboxylic acids is 1. The summed E-state index contributed by atoms with van der Waals surface area (Å²) in [6, 6.07) is 3.44. The molecule has 6 heteroatoms. The summed E-state index contributed by atoms with van der Waals surface area (Å²) in [4.78, 5) is 14.0. The summed E-state index contributed by atoms with van der Waals surface area (Å²) in [7, 11) is 1.61. The van der Waals surface area contributed by atoms with E-state index >= 15 is 0 Å². The van der Waals surface area contributed by atoms with E-state index in [2.05, 4.69) is 0 Å². The molecule has 1 saturated heterocycles. The Bertz CT molecular complexity index is 477. The first kappa shape index (κ1) is 15.9. The van der Waals surface area contributed by atoms with Crippen molar-refractivity contribution < 1.29 is 23.4 Å². The Morgan fingerprint density at radius 1 is 1.43 bits per heavy atom. The molecule has 0 bridgehead atoms. The topological polar surface area (TPSA) is 61.1 Å².